The van der Waals surface area contributed by atoms with Crippen LogP contribution in [0.25, 0.3) is 11.1 Å². The molecule has 6 saturated heterocycles. The van der Waals surface area contributed by atoms with Gasteiger partial charge in [-0.1, -0.05) is 48.5 Å². The molecule has 0 aliphatic carbocycles. The van der Waals surface area contributed by atoms with Gasteiger partial charge in [-0.3, -0.25) is 14.1 Å². The van der Waals surface area contributed by atoms with Crippen LogP contribution >= 0.6 is 0 Å². The summed E-state index contributed by atoms with van der Waals surface area (Å²) in [5.74, 6) is 0.677. The molecule has 3 atom stereocenters. The lowest BCUT2D eigenvalue weighted by Gasteiger charge is -2.53. The monoisotopic (exact) mass is 506 g/mol. The van der Waals surface area contributed by atoms with Gasteiger partial charge in [0.2, 0.25) is 17.8 Å². The summed E-state index contributed by atoms with van der Waals surface area (Å²) in [5.41, 5.74) is 3.26. The van der Waals surface area contributed by atoms with Gasteiger partial charge in [0.1, 0.15) is 31.8 Å². The van der Waals surface area contributed by atoms with E-state index >= 15 is 0 Å². The molecule has 0 aromatic heterocycles. The van der Waals surface area contributed by atoms with Gasteiger partial charge in [0.25, 0.3) is 0 Å². The zero-order valence-corrected chi connectivity index (χ0v) is 21.3. The second kappa shape index (κ2) is 9.40. The van der Waals surface area contributed by atoms with Crippen molar-refractivity contribution in [3.05, 3.63) is 59.7 Å². The lowest BCUT2D eigenvalue weighted by molar-refractivity contribution is -0.983. The summed E-state index contributed by atoms with van der Waals surface area (Å²) in [4.78, 5) is 26.1. The van der Waals surface area contributed by atoms with Gasteiger partial charge in [-0.15, -0.1) is 0 Å². The molecule has 3 unspecified atom stereocenters. The van der Waals surface area contributed by atoms with Crippen LogP contribution in [0.3, 0.4) is 0 Å². The van der Waals surface area contributed by atoms with Crippen molar-refractivity contribution in [2.24, 2.45) is 11.8 Å². The number of fused-ring (bicyclic) bond motifs is 6. The van der Waals surface area contributed by atoms with Crippen LogP contribution in [-0.4, -0.2) is 100 Å². The number of nitrogens with zero attached hydrogens (tertiary/aromatic N) is 2. The number of hydrogen-bond acceptors (Lipinski definition) is 5. The molecule has 6 aliphatic rings. The zero-order valence-electron chi connectivity index (χ0n) is 21.3. The van der Waals surface area contributed by atoms with Gasteiger partial charge in [0.15, 0.2) is 0 Å². The molecule has 0 saturated carbocycles. The number of rotatable bonds is 7. The quantitative estimate of drug-likeness (QED) is 0.396. The number of aliphatic hydroxyl groups excluding tert-OH is 3. The van der Waals surface area contributed by atoms with Gasteiger partial charge >= 0.3 is 0 Å². The lowest BCUT2D eigenvalue weighted by atomic mass is 9.81. The Hall–Kier alpha value is -2.42. The Kier molecular flexibility index (Phi) is 6.32. The van der Waals surface area contributed by atoms with E-state index in [0.717, 1.165) is 63.0 Å². The van der Waals surface area contributed by atoms with E-state index in [-0.39, 0.29) is 34.6 Å². The topological polar surface area (TPSA) is 94.8 Å². The summed E-state index contributed by atoms with van der Waals surface area (Å²) in [5, 5.41) is 31.3. The number of benzene rings is 2. The molecule has 2 aromatic carbocycles. The fraction of sp³-hybridized carbons (Fsp3) is 0.533. The van der Waals surface area contributed by atoms with Crippen molar-refractivity contribution in [3.8, 4) is 11.1 Å². The molecule has 196 valence electrons. The summed E-state index contributed by atoms with van der Waals surface area (Å²) in [6.07, 6.45) is 1.82. The van der Waals surface area contributed by atoms with E-state index in [1.165, 1.54) is 0 Å². The van der Waals surface area contributed by atoms with Crippen molar-refractivity contribution < 1.29 is 33.9 Å². The minimum Gasteiger partial charge on any atom is -0.387 e. The Balaban J connectivity index is 1.10. The number of aliphatic hydroxyl groups is 3. The minimum atomic E-state index is -0.881. The highest BCUT2D eigenvalue weighted by molar-refractivity contribution is 5.98. The lowest BCUT2D eigenvalue weighted by Crippen LogP contribution is -2.71. The Morgan fingerprint density at radius 2 is 1.16 bits per heavy atom. The van der Waals surface area contributed by atoms with Gasteiger partial charge in [0, 0.05) is 48.6 Å². The zero-order chi connectivity index (χ0) is 25.8. The number of quaternary nitrogens is 2. The van der Waals surface area contributed by atoms with Crippen molar-refractivity contribution in [2.75, 3.05) is 45.8 Å². The van der Waals surface area contributed by atoms with Crippen LogP contribution in [0.1, 0.15) is 46.4 Å². The maximum Gasteiger partial charge on any atom is 0.217 e. The van der Waals surface area contributed by atoms with Crippen LogP contribution in [0.4, 0.5) is 0 Å². The molecule has 0 radical (unpaired) electrons. The van der Waals surface area contributed by atoms with Gasteiger partial charge in [-0.2, -0.15) is 0 Å². The van der Waals surface area contributed by atoms with Gasteiger partial charge in [-0.05, 0) is 11.1 Å². The van der Waals surface area contributed by atoms with E-state index in [4.69, 9.17) is 0 Å². The van der Waals surface area contributed by atoms with E-state index in [1.807, 2.05) is 48.5 Å². The average molecular weight is 507 g/mol. The van der Waals surface area contributed by atoms with Crippen molar-refractivity contribution >= 4 is 11.6 Å². The maximum absolute atomic E-state index is 13.1. The number of carbonyl (C=O) groups excluding carboxylic acids is 2. The maximum atomic E-state index is 13.1. The summed E-state index contributed by atoms with van der Waals surface area (Å²) < 4.78 is 0.984. The highest BCUT2D eigenvalue weighted by atomic mass is 16.4. The molecule has 7 nitrogen and oxygen atoms in total. The molecule has 6 fully saturated rings. The first kappa shape index (κ1) is 24.9. The highest BCUT2D eigenvalue weighted by Gasteiger charge is 2.53. The SMILES string of the molecule is O=C(C[N+]12CCC(CC1)C(O)C2)c1ccc(-c2ccc(C(=O)C[N+]34CCC(CC3)C(O)C4O)cc2)cc1. The molecule has 7 heteroatoms. The summed E-state index contributed by atoms with van der Waals surface area (Å²) >= 11 is 0. The summed E-state index contributed by atoms with van der Waals surface area (Å²) in [7, 11) is 0. The predicted molar refractivity (Wildman–Crippen MR) is 139 cm³/mol. The van der Waals surface area contributed by atoms with Crippen LogP contribution in [-0.2, 0) is 0 Å². The third-order valence-electron chi connectivity index (χ3n) is 9.99. The van der Waals surface area contributed by atoms with Gasteiger partial charge in [0.05, 0.1) is 26.2 Å². The normalized spacial score (nSPS) is 36.5. The number of hydrogen-bond donors (Lipinski definition) is 3. The number of ketones is 2. The summed E-state index contributed by atoms with van der Waals surface area (Å²) in [6.45, 7) is 4.79. The molecular weight excluding hydrogens is 468 g/mol. The van der Waals surface area contributed by atoms with Gasteiger partial charge in [-0.25, -0.2) is 0 Å². The first-order chi connectivity index (χ1) is 17.8. The summed E-state index contributed by atoms with van der Waals surface area (Å²) in [6, 6.07) is 15.2. The van der Waals surface area contributed by atoms with E-state index in [1.54, 1.807) is 0 Å². The van der Waals surface area contributed by atoms with E-state index < -0.39 is 12.3 Å². The van der Waals surface area contributed by atoms with Crippen molar-refractivity contribution in [2.45, 2.75) is 44.1 Å². The molecular formula is C30H38N2O5+2. The fourth-order valence-corrected chi connectivity index (χ4v) is 7.47. The van der Waals surface area contributed by atoms with Crippen molar-refractivity contribution in [1.82, 2.24) is 0 Å². The Morgan fingerprint density at radius 3 is 1.68 bits per heavy atom. The predicted octanol–water partition coefficient (Wildman–Crippen LogP) is 2.24. The number of carbonyl (C=O) groups is 2. The molecule has 3 N–H and O–H groups in total. The second-order valence-corrected chi connectivity index (χ2v) is 12.1. The standard InChI is InChI=1S/C30H38N2O5/c33-26(17-31-13-9-24(10-14-31)27(34)18-31)22-5-1-20(2-6-22)21-3-7-23(8-4-21)28(35)19-32-15-11-25(12-16-32)29(36)30(32)37/h1-8,24-25,27,29-30,34,36-37H,9-19H2/q+2. The molecule has 0 spiro atoms. The van der Waals surface area contributed by atoms with E-state index in [9.17, 15) is 24.9 Å². The molecule has 6 aliphatic heterocycles. The van der Waals surface area contributed by atoms with Crippen LogP contribution in [0.5, 0.6) is 0 Å². The number of Topliss-reactive ketones (excluding diaryl/α,β-unsaturated/α-hetero) is 2. The molecule has 37 heavy (non-hydrogen) atoms. The van der Waals surface area contributed by atoms with E-state index in [0.29, 0.717) is 34.6 Å². The largest absolute Gasteiger partial charge is 0.387 e. The van der Waals surface area contributed by atoms with Crippen LogP contribution < -0.4 is 0 Å². The molecule has 4 bridgehead atoms. The first-order valence-corrected chi connectivity index (χ1v) is 13.8. The molecule has 2 aromatic rings. The molecule has 6 heterocycles. The molecule has 0 amide bonds. The second-order valence-electron chi connectivity index (χ2n) is 12.1. The van der Waals surface area contributed by atoms with Crippen molar-refractivity contribution in [1.29, 1.82) is 0 Å². The highest BCUT2D eigenvalue weighted by Crippen LogP contribution is 2.38. The third kappa shape index (κ3) is 4.47. The fourth-order valence-electron chi connectivity index (χ4n) is 7.47. The molecule has 8 rings (SSSR count). The minimum absolute atomic E-state index is 0.0153. The van der Waals surface area contributed by atoms with Gasteiger partial charge < -0.3 is 19.8 Å². The van der Waals surface area contributed by atoms with Crippen molar-refractivity contribution in [3.63, 3.8) is 0 Å². The number of piperidine rings is 6. The van der Waals surface area contributed by atoms with E-state index in [2.05, 4.69) is 0 Å². The van der Waals surface area contributed by atoms with Crippen LogP contribution in [0.15, 0.2) is 48.5 Å². The van der Waals surface area contributed by atoms with Crippen LogP contribution in [0.2, 0.25) is 0 Å². The Bertz CT molecular complexity index is 1160. The van der Waals surface area contributed by atoms with Crippen LogP contribution in [0, 0.1) is 11.8 Å². The smallest absolute Gasteiger partial charge is 0.217 e. The first-order valence-electron chi connectivity index (χ1n) is 13.8. The Morgan fingerprint density at radius 1 is 0.676 bits per heavy atom. The Labute approximate surface area is 218 Å². The third-order valence-corrected chi connectivity index (χ3v) is 9.99. The average Bonchev–Trinajstić information content (AvgIpc) is 2.92.